The average Bonchev–Trinajstić information content (AvgIpc) is 2.05. The monoisotopic (exact) mass is 162 g/mol. The molecule has 58 valence electrons. The Kier molecular flexibility index (Phi) is 2.26. The zero-order chi connectivity index (χ0) is 8.97. The third kappa shape index (κ3) is 1.51. The fourth-order valence-corrected chi connectivity index (χ4v) is 0.730. The molecule has 12 heavy (non-hydrogen) atoms. The van der Waals surface area contributed by atoms with E-state index in [0.717, 1.165) is 12.1 Å². The van der Waals surface area contributed by atoms with Crippen molar-refractivity contribution >= 4 is 5.69 Å². The first kappa shape index (κ1) is 8.05. The van der Waals surface area contributed by atoms with Gasteiger partial charge in [-0.15, -0.1) is 0 Å². The molecule has 1 rings (SSSR count). The van der Waals surface area contributed by atoms with Crippen LogP contribution >= 0.6 is 0 Å². The molecular formula is C7H3FN4. The summed E-state index contributed by atoms with van der Waals surface area (Å²) in [6, 6.07) is 5.19. The fraction of sp³-hybridized carbons (Fsp3) is 0. The molecule has 0 aromatic heterocycles. The van der Waals surface area contributed by atoms with Crippen LogP contribution in [0.1, 0.15) is 5.56 Å². The number of benzene rings is 1. The molecule has 0 atom stereocenters. The van der Waals surface area contributed by atoms with Crippen molar-refractivity contribution in [2.75, 3.05) is 0 Å². The van der Waals surface area contributed by atoms with E-state index in [1.54, 1.807) is 6.07 Å². The molecule has 0 aliphatic carbocycles. The fourth-order valence-electron chi connectivity index (χ4n) is 0.730. The van der Waals surface area contributed by atoms with Crippen molar-refractivity contribution in [2.24, 2.45) is 5.11 Å². The van der Waals surface area contributed by atoms with E-state index in [4.69, 9.17) is 10.8 Å². The quantitative estimate of drug-likeness (QED) is 0.355. The average molecular weight is 162 g/mol. The minimum Gasteiger partial charge on any atom is -0.207 e. The first-order valence-corrected chi connectivity index (χ1v) is 3.02. The van der Waals surface area contributed by atoms with E-state index < -0.39 is 5.82 Å². The van der Waals surface area contributed by atoms with Crippen LogP contribution in [0.15, 0.2) is 23.3 Å². The highest BCUT2D eigenvalue weighted by atomic mass is 19.1. The molecule has 0 unspecified atom stereocenters. The summed E-state index contributed by atoms with van der Waals surface area (Å²) in [5.74, 6) is -0.531. The number of halogens is 1. The molecule has 0 aliphatic rings. The van der Waals surface area contributed by atoms with E-state index in [1.165, 1.54) is 6.07 Å². The predicted molar refractivity (Wildman–Crippen MR) is 39.9 cm³/mol. The molecule has 1 aromatic rings. The van der Waals surface area contributed by atoms with Gasteiger partial charge >= 0.3 is 0 Å². The maximum Gasteiger partial charge on any atom is 0.123 e. The Morgan fingerprint density at radius 1 is 1.58 bits per heavy atom. The molecule has 0 bridgehead atoms. The van der Waals surface area contributed by atoms with Crippen molar-refractivity contribution in [1.29, 1.82) is 5.26 Å². The molecule has 0 spiro atoms. The van der Waals surface area contributed by atoms with Gasteiger partial charge in [-0.05, 0) is 23.7 Å². The van der Waals surface area contributed by atoms with Crippen LogP contribution in [0.3, 0.4) is 0 Å². The molecule has 0 aliphatic heterocycles. The second-order valence-electron chi connectivity index (χ2n) is 1.96. The number of hydrogen-bond acceptors (Lipinski definition) is 2. The first-order valence-electron chi connectivity index (χ1n) is 3.02. The van der Waals surface area contributed by atoms with E-state index in [0.29, 0.717) is 0 Å². The molecule has 0 saturated carbocycles. The summed E-state index contributed by atoms with van der Waals surface area (Å²) in [7, 11) is 0. The Bertz CT molecular complexity index is 387. The number of hydrogen-bond donors (Lipinski definition) is 0. The minimum atomic E-state index is -0.531. The lowest BCUT2D eigenvalue weighted by Crippen LogP contribution is -1.77. The summed E-state index contributed by atoms with van der Waals surface area (Å²) in [6.07, 6.45) is 0. The Hall–Kier alpha value is -2.05. The molecule has 4 nitrogen and oxygen atoms in total. The van der Waals surface area contributed by atoms with E-state index >= 15 is 0 Å². The number of nitriles is 1. The number of rotatable bonds is 1. The van der Waals surface area contributed by atoms with Gasteiger partial charge < -0.3 is 0 Å². The summed E-state index contributed by atoms with van der Waals surface area (Å²) in [4.78, 5) is 2.46. The maximum absolute atomic E-state index is 12.5. The molecule has 0 amide bonds. The summed E-state index contributed by atoms with van der Waals surface area (Å²) >= 11 is 0. The summed E-state index contributed by atoms with van der Waals surface area (Å²) < 4.78 is 12.5. The maximum atomic E-state index is 12.5. The van der Waals surface area contributed by atoms with Gasteiger partial charge in [-0.25, -0.2) is 4.39 Å². The van der Waals surface area contributed by atoms with E-state index in [1.807, 2.05) is 0 Å². The lowest BCUT2D eigenvalue weighted by molar-refractivity contribution is 0.628. The van der Waals surface area contributed by atoms with Gasteiger partial charge in [0.1, 0.15) is 5.82 Å². The van der Waals surface area contributed by atoms with Gasteiger partial charge in [0.25, 0.3) is 0 Å². The van der Waals surface area contributed by atoms with Crippen molar-refractivity contribution in [3.05, 3.63) is 40.0 Å². The Labute approximate surface area is 67.5 Å². The van der Waals surface area contributed by atoms with Crippen LogP contribution in [0.2, 0.25) is 0 Å². The van der Waals surface area contributed by atoms with Crippen LogP contribution in [-0.4, -0.2) is 0 Å². The Balaban J connectivity index is 3.33. The second kappa shape index (κ2) is 3.37. The van der Waals surface area contributed by atoms with Crippen LogP contribution in [0.25, 0.3) is 10.4 Å². The Morgan fingerprint density at radius 2 is 2.33 bits per heavy atom. The highest BCUT2D eigenvalue weighted by Gasteiger charge is 1.99. The minimum absolute atomic E-state index is 0.0139. The van der Waals surface area contributed by atoms with Crippen molar-refractivity contribution in [3.8, 4) is 6.07 Å². The van der Waals surface area contributed by atoms with Crippen molar-refractivity contribution in [1.82, 2.24) is 0 Å². The molecule has 5 heteroatoms. The molecule has 0 radical (unpaired) electrons. The topological polar surface area (TPSA) is 72.5 Å². The van der Waals surface area contributed by atoms with Gasteiger partial charge in [-0.1, -0.05) is 5.11 Å². The molecular weight excluding hydrogens is 159 g/mol. The van der Waals surface area contributed by atoms with Gasteiger partial charge in [-0.2, -0.15) is 5.26 Å². The molecule has 0 saturated heterocycles. The second-order valence-corrected chi connectivity index (χ2v) is 1.96. The molecule has 1 aromatic carbocycles. The van der Waals surface area contributed by atoms with Crippen LogP contribution in [0.5, 0.6) is 0 Å². The van der Waals surface area contributed by atoms with E-state index in [-0.39, 0.29) is 11.3 Å². The first-order chi connectivity index (χ1) is 5.77. The van der Waals surface area contributed by atoms with E-state index in [9.17, 15) is 4.39 Å². The van der Waals surface area contributed by atoms with Gasteiger partial charge in [-0.3, -0.25) is 0 Å². The van der Waals surface area contributed by atoms with Crippen molar-refractivity contribution in [2.45, 2.75) is 0 Å². The summed E-state index contributed by atoms with van der Waals surface area (Å²) in [5.41, 5.74) is 8.23. The molecule has 0 heterocycles. The lowest BCUT2D eigenvalue weighted by Gasteiger charge is -1.93. The highest BCUT2D eigenvalue weighted by Crippen LogP contribution is 2.19. The smallest absolute Gasteiger partial charge is 0.123 e. The third-order valence-electron chi connectivity index (χ3n) is 1.23. The zero-order valence-electron chi connectivity index (χ0n) is 5.90. The van der Waals surface area contributed by atoms with Gasteiger partial charge in [0.05, 0.1) is 17.3 Å². The number of nitrogens with zero attached hydrogens (tertiary/aromatic N) is 4. The van der Waals surface area contributed by atoms with Gasteiger partial charge in [0, 0.05) is 4.91 Å². The Morgan fingerprint density at radius 3 is 2.92 bits per heavy atom. The van der Waals surface area contributed by atoms with Gasteiger partial charge in [0.2, 0.25) is 0 Å². The molecule has 0 fully saturated rings. The SMILES string of the molecule is N#Cc1ccc(F)cc1N=[N+]=[N-]. The number of azide groups is 1. The van der Waals surface area contributed by atoms with Crippen LogP contribution < -0.4 is 0 Å². The lowest BCUT2D eigenvalue weighted by atomic mass is 10.2. The predicted octanol–water partition coefficient (Wildman–Crippen LogP) is 2.64. The standard InChI is InChI=1S/C7H3FN4/c8-6-2-1-5(4-9)7(3-6)11-12-10/h1-3H. The largest absolute Gasteiger partial charge is 0.207 e. The zero-order valence-corrected chi connectivity index (χ0v) is 5.90. The highest BCUT2D eigenvalue weighted by molar-refractivity contribution is 5.52. The van der Waals surface area contributed by atoms with Crippen molar-refractivity contribution in [3.63, 3.8) is 0 Å². The summed E-state index contributed by atoms with van der Waals surface area (Å²) in [6.45, 7) is 0. The normalized spacial score (nSPS) is 8.33. The van der Waals surface area contributed by atoms with Gasteiger partial charge in [0.15, 0.2) is 0 Å². The van der Waals surface area contributed by atoms with E-state index in [2.05, 4.69) is 10.0 Å². The third-order valence-corrected chi connectivity index (χ3v) is 1.23. The van der Waals surface area contributed by atoms with Crippen LogP contribution in [0, 0.1) is 17.1 Å². The molecule has 0 N–H and O–H groups in total. The van der Waals surface area contributed by atoms with Crippen molar-refractivity contribution < 1.29 is 4.39 Å². The summed E-state index contributed by atoms with van der Waals surface area (Å²) in [5, 5.41) is 11.6. The van der Waals surface area contributed by atoms with Crippen LogP contribution in [0.4, 0.5) is 10.1 Å². The van der Waals surface area contributed by atoms with Crippen LogP contribution in [-0.2, 0) is 0 Å².